The maximum absolute atomic E-state index is 13.3. The summed E-state index contributed by atoms with van der Waals surface area (Å²) in [5.74, 6) is -0.245. The third-order valence-electron chi connectivity index (χ3n) is 5.35. The van der Waals surface area contributed by atoms with E-state index in [1.54, 1.807) is 35.2 Å². The number of carbonyl (C=O) groups is 1. The monoisotopic (exact) mass is 491 g/mol. The van der Waals surface area contributed by atoms with E-state index < -0.39 is 10.0 Å². The Kier molecular flexibility index (Phi) is 7.21. The highest BCUT2D eigenvalue weighted by molar-refractivity contribution is 7.89. The van der Waals surface area contributed by atoms with E-state index in [4.69, 9.17) is 0 Å². The van der Waals surface area contributed by atoms with E-state index in [1.165, 1.54) is 21.7 Å². The summed E-state index contributed by atoms with van der Waals surface area (Å²) >= 11 is 1.45. The molecule has 1 heterocycles. The van der Waals surface area contributed by atoms with Gasteiger partial charge in [-0.1, -0.05) is 67.6 Å². The molecule has 6 nitrogen and oxygen atoms in total. The zero-order valence-electron chi connectivity index (χ0n) is 19.0. The molecule has 0 bridgehead atoms. The lowest BCUT2D eigenvalue weighted by atomic mass is 10.2. The highest BCUT2D eigenvalue weighted by Crippen LogP contribution is 2.33. The average Bonchev–Trinajstić information content (AvgIpc) is 3.28. The van der Waals surface area contributed by atoms with Gasteiger partial charge in [0.1, 0.15) is 0 Å². The largest absolute Gasteiger partial charge is 0.269 e. The molecule has 0 unspecified atom stereocenters. The molecular formula is C26H25N3O3S2. The Morgan fingerprint density at radius 3 is 2.21 bits per heavy atom. The summed E-state index contributed by atoms with van der Waals surface area (Å²) in [5, 5.41) is 0.586. The van der Waals surface area contributed by atoms with Gasteiger partial charge in [-0.15, -0.1) is 0 Å². The molecule has 0 aliphatic rings. The Bertz CT molecular complexity index is 1380. The Morgan fingerprint density at radius 2 is 1.56 bits per heavy atom. The molecule has 3 aromatic carbocycles. The smallest absolute Gasteiger partial charge is 0.257 e. The summed E-state index contributed by atoms with van der Waals surface area (Å²) in [6, 6.07) is 23.7. The van der Waals surface area contributed by atoms with Gasteiger partial charge in [-0.05, 0) is 48.0 Å². The normalized spacial score (nSPS) is 12.0. The molecule has 0 radical (unpaired) electrons. The van der Waals surface area contributed by atoms with Crippen LogP contribution in [-0.4, -0.2) is 36.7 Å². The van der Waals surface area contributed by atoms with Gasteiger partial charge in [0.15, 0.2) is 5.13 Å². The van der Waals surface area contributed by atoms with Crippen molar-refractivity contribution in [1.29, 1.82) is 0 Å². The van der Waals surface area contributed by atoms with E-state index in [0.29, 0.717) is 18.2 Å². The topological polar surface area (TPSA) is 70.6 Å². The molecule has 0 fully saturated rings. The fraction of sp³-hybridized carbons (Fsp3) is 0.154. The molecule has 1 amide bonds. The minimum absolute atomic E-state index is 0.236. The van der Waals surface area contributed by atoms with Crippen LogP contribution in [0.4, 0.5) is 10.8 Å². The van der Waals surface area contributed by atoms with Gasteiger partial charge < -0.3 is 0 Å². The molecule has 0 aliphatic heterocycles. The molecule has 4 rings (SSSR count). The molecule has 0 N–H and O–H groups in total. The standard InChI is InChI=1S/C26H25N3O3S2/c1-3-28(4-2)34(31,32)22-17-14-20(15-18-22)16-19-25(30)29(21-10-6-5-7-11-21)26-27-23-12-8-9-13-24(23)33-26/h5-19H,3-4H2,1-2H3. The zero-order chi connectivity index (χ0) is 24.1. The lowest BCUT2D eigenvalue weighted by molar-refractivity contribution is -0.113. The van der Waals surface area contributed by atoms with Crippen molar-refractivity contribution in [1.82, 2.24) is 9.29 Å². The van der Waals surface area contributed by atoms with Gasteiger partial charge in [-0.3, -0.25) is 9.69 Å². The number of carbonyl (C=O) groups excluding carboxylic acids is 1. The number of anilines is 2. The Labute approximate surface area is 203 Å². The number of hydrogen-bond acceptors (Lipinski definition) is 5. The molecule has 8 heteroatoms. The molecular weight excluding hydrogens is 466 g/mol. The van der Waals surface area contributed by atoms with Crippen molar-refractivity contribution >= 4 is 54.4 Å². The number of amides is 1. The van der Waals surface area contributed by atoms with E-state index in [2.05, 4.69) is 4.98 Å². The van der Waals surface area contributed by atoms with Gasteiger partial charge >= 0.3 is 0 Å². The van der Waals surface area contributed by atoms with Gasteiger partial charge in [-0.2, -0.15) is 4.31 Å². The average molecular weight is 492 g/mol. The number of para-hydroxylation sites is 2. The number of fused-ring (bicyclic) bond motifs is 1. The first-order valence-electron chi connectivity index (χ1n) is 11.0. The first-order chi connectivity index (χ1) is 16.4. The molecule has 4 aromatic rings. The maximum atomic E-state index is 13.3. The minimum atomic E-state index is -3.52. The molecule has 0 saturated carbocycles. The van der Waals surface area contributed by atoms with Crippen LogP contribution in [0.2, 0.25) is 0 Å². The fourth-order valence-electron chi connectivity index (χ4n) is 3.57. The minimum Gasteiger partial charge on any atom is -0.269 e. The molecule has 0 atom stereocenters. The van der Waals surface area contributed by atoms with Crippen molar-refractivity contribution < 1.29 is 13.2 Å². The summed E-state index contributed by atoms with van der Waals surface area (Å²) in [4.78, 5) is 19.8. The highest BCUT2D eigenvalue weighted by Gasteiger charge is 2.22. The molecule has 34 heavy (non-hydrogen) atoms. The summed E-state index contributed by atoms with van der Waals surface area (Å²) in [6.07, 6.45) is 3.16. The number of thiazole rings is 1. The molecule has 174 valence electrons. The lowest BCUT2D eigenvalue weighted by Gasteiger charge is -2.18. The molecule has 0 aliphatic carbocycles. The molecule has 1 aromatic heterocycles. The number of sulfonamides is 1. The van der Waals surface area contributed by atoms with Crippen LogP contribution in [-0.2, 0) is 14.8 Å². The predicted octanol–water partition coefficient (Wildman–Crippen LogP) is 5.70. The van der Waals surface area contributed by atoms with Crippen LogP contribution in [0.5, 0.6) is 0 Å². The van der Waals surface area contributed by atoms with Gasteiger partial charge in [0.2, 0.25) is 10.0 Å². The second-order valence-corrected chi connectivity index (χ2v) is 10.4. The number of hydrogen-bond donors (Lipinski definition) is 0. The fourth-order valence-corrected chi connectivity index (χ4v) is 6.02. The summed E-state index contributed by atoms with van der Waals surface area (Å²) < 4.78 is 27.8. The van der Waals surface area contributed by atoms with Gasteiger partial charge in [0, 0.05) is 19.2 Å². The van der Waals surface area contributed by atoms with E-state index in [1.807, 2.05) is 68.4 Å². The first kappa shape index (κ1) is 23.8. The summed E-state index contributed by atoms with van der Waals surface area (Å²) in [5.41, 5.74) is 2.28. The SMILES string of the molecule is CCN(CC)S(=O)(=O)c1ccc(C=CC(=O)N(c2ccccc2)c2nc3ccccc3s2)cc1. The molecule has 0 spiro atoms. The lowest BCUT2D eigenvalue weighted by Crippen LogP contribution is -2.30. The third-order valence-corrected chi connectivity index (χ3v) is 8.44. The van der Waals surface area contributed by atoms with E-state index in [9.17, 15) is 13.2 Å². The van der Waals surface area contributed by atoms with Gasteiger partial charge in [0.05, 0.1) is 20.8 Å². The zero-order valence-corrected chi connectivity index (χ0v) is 20.6. The Balaban J connectivity index is 1.61. The van der Waals surface area contributed by atoms with Crippen molar-refractivity contribution in [2.24, 2.45) is 0 Å². The quantitative estimate of drug-likeness (QED) is 0.296. The van der Waals surface area contributed by atoms with E-state index in [0.717, 1.165) is 21.5 Å². The van der Waals surface area contributed by atoms with E-state index >= 15 is 0 Å². The van der Waals surface area contributed by atoms with Crippen molar-refractivity contribution in [2.75, 3.05) is 18.0 Å². The van der Waals surface area contributed by atoms with Crippen LogP contribution in [0.3, 0.4) is 0 Å². The van der Waals surface area contributed by atoms with Crippen molar-refractivity contribution in [3.63, 3.8) is 0 Å². The summed E-state index contributed by atoms with van der Waals surface area (Å²) in [7, 11) is -3.52. The predicted molar refractivity (Wildman–Crippen MR) is 139 cm³/mol. The third kappa shape index (κ3) is 4.94. The van der Waals surface area contributed by atoms with Crippen molar-refractivity contribution in [3.8, 4) is 0 Å². The van der Waals surface area contributed by atoms with Crippen LogP contribution >= 0.6 is 11.3 Å². The van der Waals surface area contributed by atoms with E-state index in [-0.39, 0.29) is 10.8 Å². The van der Waals surface area contributed by atoms with Gasteiger partial charge in [-0.25, -0.2) is 13.4 Å². The van der Waals surface area contributed by atoms with Crippen LogP contribution < -0.4 is 4.90 Å². The maximum Gasteiger partial charge on any atom is 0.257 e. The second kappa shape index (κ2) is 10.3. The van der Waals surface area contributed by atoms with Crippen LogP contribution in [0.1, 0.15) is 19.4 Å². The van der Waals surface area contributed by atoms with Crippen LogP contribution in [0.15, 0.2) is 89.8 Å². The van der Waals surface area contributed by atoms with Crippen molar-refractivity contribution in [2.45, 2.75) is 18.7 Å². The Morgan fingerprint density at radius 1 is 0.912 bits per heavy atom. The number of aromatic nitrogens is 1. The van der Waals surface area contributed by atoms with Gasteiger partial charge in [0.25, 0.3) is 5.91 Å². The number of benzene rings is 3. The van der Waals surface area contributed by atoms with Crippen LogP contribution in [0, 0.1) is 0 Å². The summed E-state index contributed by atoms with van der Waals surface area (Å²) in [6.45, 7) is 4.45. The second-order valence-electron chi connectivity index (χ2n) is 7.47. The number of nitrogens with zero attached hydrogens (tertiary/aromatic N) is 3. The van der Waals surface area contributed by atoms with Crippen LogP contribution in [0.25, 0.3) is 16.3 Å². The molecule has 0 saturated heterocycles. The number of rotatable bonds is 8. The first-order valence-corrected chi connectivity index (χ1v) is 13.2. The Hall–Kier alpha value is -3.33. The van der Waals surface area contributed by atoms with Crippen molar-refractivity contribution in [3.05, 3.63) is 90.5 Å². The highest BCUT2D eigenvalue weighted by atomic mass is 32.2.